The average molecular weight is 459 g/mol. The van der Waals surface area contributed by atoms with Gasteiger partial charge in [-0.25, -0.2) is 13.2 Å². The fourth-order valence-electron chi connectivity index (χ4n) is 6.24. The molecule has 3 aliphatic heterocycles. The molecule has 2 saturated carbocycles. The van der Waals surface area contributed by atoms with Gasteiger partial charge in [-0.15, -0.1) is 0 Å². The molecular formula is C23H20F3N3O4. The summed E-state index contributed by atoms with van der Waals surface area (Å²) >= 11 is 0. The Morgan fingerprint density at radius 1 is 1.03 bits per heavy atom. The number of nitrogens with one attached hydrogen (secondary N) is 1. The smallest absolute Gasteiger partial charge is 0.275 e. The molecule has 0 spiro atoms. The summed E-state index contributed by atoms with van der Waals surface area (Å²) in [5.74, 6) is -4.29. The molecule has 5 aliphatic rings. The topological polar surface area (TPSA) is 91.6 Å². The molecule has 0 radical (unpaired) electrons. The Balaban J connectivity index is 1.30. The molecule has 4 fully saturated rings. The minimum absolute atomic E-state index is 0.0402. The zero-order valence-corrected chi connectivity index (χ0v) is 17.4. The Morgan fingerprint density at radius 2 is 1.79 bits per heavy atom. The maximum Gasteiger partial charge on any atom is 0.275 e. The van der Waals surface area contributed by atoms with E-state index >= 15 is 0 Å². The van der Waals surface area contributed by atoms with Gasteiger partial charge < -0.3 is 19.9 Å². The van der Waals surface area contributed by atoms with Gasteiger partial charge in [0, 0.05) is 37.0 Å². The molecule has 2 unspecified atom stereocenters. The van der Waals surface area contributed by atoms with Crippen molar-refractivity contribution < 1.29 is 27.9 Å². The third-order valence-corrected chi connectivity index (χ3v) is 7.79. The molecule has 172 valence electrons. The van der Waals surface area contributed by atoms with Crippen molar-refractivity contribution in [2.24, 2.45) is 17.8 Å². The molecule has 7 nitrogen and oxygen atoms in total. The van der Waals surface area contributed by atoms with Crippen molar-refractivity contribution in [1.29, 1.82) is 0 Å². The number of rotatable bonds is 3. The average Bonchev–Trinajstić information content (AvgIpc) is 3.60. The van der Waals surface area contributed by atoms with E-state index in [2.05, 4.69) is 5.32 Å². The van der Waals surface area contributed by atoms with Crippen molar-refractivity contribution in [3.05, 3.63) is 62.8 Å². The van der Waals surface area contributed by atoms with Crippen LogP contribution >= 0.6 is 0 Å². The number of pyridine rings is 1. The van der Waals surface area contributed by atoms with Crippen LogP contribution in [0.1, 0.15) is 45.7 Å². The predicted octanol–water partition coefficient (Wildman–Crippen LogP) is 2.15. The first-order chi connectivity index (χ1) is 15.8. The summed E-state index contributed by atoms with van der Waals surface area (Å²) in [7, 11) is 0. The highest BCUT2D eigenvalue weighted by molar-refractivity contribution is 5.99. The summed E-state index contributed by atoms with van der Waals surface area (Å²) < 4.78 is 41.8. The van der Waals surface area contributed by atoms with Crippen LogP contribution in [0.5, 0.6) is 5.75 Å². The van der Waals surface area contributed by atoms with Crippen LogP contribution in [-0.4, -0.2) is 38.5 Å². The quantitative estimate of drug-likeness (QED) is 0.689. The fourth-order valence-corrected chi connectivity index (χ4v) is 6.24. The van der Waals surface area contributed by atoms with Gasteiger partial charge in [-0.1, -0.05) is 0 Å². The number of halogens is 3. The van der Waals surface area contributed by atoms with Crippen LogP contribution < -0.4 is 10.7 Å². The predicted molar refractivity (Wildman–Crippen MR) is 108 cm³/mol. The van der Waals surface area contributed by atoms with Gasteiger partial charge in [-0.3, -0.25) is 14.4 Å². The van der Waals surface area contributed by atoms with E-state index < -0.39 is 52.6 Å². The van der Waals surface area contributed by atoms with Gasteiger partial charge >= 0.3 is 0 Å². The molecule has 10 heteroatoms. The summed E-state index contributed by atoms with van der Waals surface area (Å²) in [6, 6.07) is 1.09. The lowest BCUT2D eigenvalue weighted by molar-refractivity contribution is -0.0238. The molecule has 2 aliphatic carbocycles. The number of aromatic nitrogens is 1. The van der Waals surface area contributed by atoms with Gasteiger partial charge in [0.1, 0.15) is 11.4 Å². The van der Waals surface area contributed by atoms with E-state index in [0.717, 1.165) is 19.3 Å². The number of carbonyl (C=O) groups excluding carboxylic acids is 2. The monoisotopic (exact) mass is 459 g/mol. The van der Waals surface area contributed by atoms with Crippen LogP contribution in [0.4, 0.5) is 13.2 Å². The number of amides is 2. The molecule has 2 saturated heterocycles. The third-order valence-electron chi connectivity index (χ3n) is 7.79. The molecule has 2 aromatic rings. The molecule has 1 aromatic carbocycles. The van der Waals surface area contributed by atoms with Gasteiger partial charge in [-0.2, -0.15) is 0 Å². The first-order valence-corrected chi connectivity index (χ1v) is 11.0. The molecule has 1 aromatic heterocycles. The summed E-state index contributed by atoms with van der Waals surface area (Å²) in [5.41, 5.74) is -1.84. The summed E-state index contributed by atoms with van der Waals surface area (Å²) in [6.45, 7) is -0.122. The number of hydrogen-bond acceptors (Lipinski definition) is 4. The zero-order chi connectivity index (χ0) is 23.2. The van der Waals surface area contributed by atoms with E-state index in [0.29, 0.717) is 36.4 Å². The largest absolute Gasteiger partial charge is 0.503 e. The number of nitrogens with zero attached hydrogens (tertiary/aromatic N) is 2. The van der Waals surface area contributed by atoms with Crippen molar-refractivity contribution in [1.82, 2.24) is 14.8 Å². The van der Waals surface area contributed by atoms with E-state index in [9.17, 15) is 32.7 Å². The first kappa shape index (κ1) is 20.3. The number of carbonyl (C=O) groups is 2. The van der Waals surface area contributed by atoms with Crippen LogP contribution in [0.3, 0.4) is 0 Å². The minimum atomic E-state index is -1.35. The fraction of sp³-hybridized carbons (Fsp3) is 0.435. The van der Waals surface area contributed by atoms with Crippen LogP contribution in [0.15, 0.2) is 23.1 Å². The van der Waals surface area contributed by atoms with Crippen molar-refractivity contribution in [2.45, 2.75) is 44.4 Å². The highest BCUT2D eigenvalue weighted by Crippen LogP contribution is 2.61. The van der Waals surface area contributed by atoms with Crippen molar-refractivity contribution in [2.75, 3.05) is 0 Å². The van der Waals surface area contributed by atoms with Gasteiger partial charge in [0.2, 0.25) is 5.43 Å². The second-order valence-corrected chi connectivity index (χ2v) is 9.41. The van der Waals surface area contributed by atoms with Crippen LogP contribution in [0.25, 0.3) is 0 Å². The van der Waals surface area contributed by atoms with Gasteiger partial charge in [-0.05, 0) is 43.1 Å². The minimum Gasteiger partial charge on any atom is -0.503 e. The number of aromatic hydroxyl groups is 1. The van der Waals surface area contributed by atoms with Crippen molar-refractivity contribution >= 4 is 11.8 Å². The molecular weight excluding hydrogens is 439 g/mol. The van der Waals surface area contributed by atoms with E-state index in [4.69, 9.17) is 0 Å². The Kier molecular flexibility index (Phi) is 4.22. The van der Waals surface area contributed by atoms with E-state index in [1.165, 1.54) is 10.8 Å². The van der Waals surface area contributed by atoms with Gasteiger partial charge in [0.15, 0.2) is 23.1 Å². The molecule has 4 heterocycles. The number of hydrogen-bond donors (Lipinski definition) is 2. The normalized spacial score (nSPS) is 28.8. The van der Waals surface area contributed by atoms with E-state index in [1.807, 2.05) is 4.90 Å². The molecule has 33 heavy (non-hydrogen) atoms. The van der Waals surface area contributed by atoms with Crippen molar-refractivity contribution in [3.8, 4) is 5.75 Å². The number of fused-ring (bicyclic) bond motifs is 2. The summed E-state index contributed by atoms with van der Waals surface area (Å²) in [6.07, 6.45) is 4.31. The first-order valence-electron chi connectivity index (χ1n) is 11.0. The van der Waals surface area contributed by atoms with Crippen LogP contribution in [0.2, 0.25) is 0 Å². The van der Waals surface area contributed by atoms with Crippen LogP contribution in [-0.2, 0) is 13.1 Å². The second kappa shape index (κ2) is 6.85. The zero-order valence-electron chi connectivity index (χ0n) is 17.4. The lowest BCUT2D eigenvalue weighted by Crippen LogP contribution is -2.63. The Bertz CT molecular complexity index is 1290. The Labute approximate surface area is 185 Å². The second-order valence-electron chi connectivity index (χ2n) is 9.41. The van der Waals surface area contributed by atoms with Gasteiger partial charge in [0.25, 0.3) is 11.8 Å². The Hall–Kier alpha value is -3.30. The molecule has 2 amide bonds. The molecule has 2 N–H and O–H groups in total. The number of benzene rings is 1. The molecule has 5 atom stereocenters. The maximum atomic E-state index is 13.9. The lowest BCUT2D eigenvalue weighted by Gasteiger charge is -2.53. The SMILES string of the molecule is O=C(NCc1cc(F)c(F)cc1F)c1cn2c(c(O)c1=O)C(=O)N1C3CCC([C@@H]4C[C@H]34)[C@@H]1C2. The van der Waals surface area contributed by atoms with E-state index in [-0.39, 0.29) is 23.3 Å². The Morgan fingerprint density at radius 3 is 2.58 bits per heavy atom. The lowest BCUT2D eigenvalue weighted by atomic mass is 9.73. The van der Waals surface area contributed by atoms with Gasteiger partial charge in [0.05, 0.1) is 6.04 Å². The molecule has 7 rings (SSSR count). The van der Waals surface area contributed by atoms with Crippen molar-refractivity contribution in [3.63, 3.8) is 0 Å². The number of piperidine rings is 2. The third kappa shape index (κ3) is 2.85. The summed E-state index contributed by atoms with van der Waals surface area (Å²) in [4.78, 5) is 40.5. The van der Waals surface area contributed by atoms with Crippen LogP contribution in [0, 0.1) is 35.2 Å². The highest BCUT2D eigenvalue weighted by atomic mass is 19.2. The standard InChI is InChI=1S/C23H20F3N3O4/c24-14-5-16(26)15(25)3-9(14)6-27-22(32)13-7-28-8-18-10-1-2-17(12-4-11(10)12)29(18)23(33)19(28)21(31)20(13)30/h3,5,7,10-12,17-18,31H,1-2,4,6,8H2,(H,27,32)/t10?,11-,12-,17?,18-/m0/s1. The highest BCUT2D eigenvalue weighted by Gasteiger charge is 2.62. The maximum absolute atomic E-state index is 13.9. The van der Waals surface area contributed by atoms with E-state index in [1.54, 1.807) is 0 Å². The molecule has 2 bridgehead atoms. The summed E-state index contributed by atoms with van der Waals surface area (Å²) in [5, 5.41) is 12.9.